The Morgan fingerprint density at radius 1 is 1.14 bits per heavy atom. The number of hydrogen-bond acceptors (Lipinski definition) is 3. The van der Waals surface area contributed by atoms with Gasteiger partial charge in [-0.3, -0.25) is 0 Å². The number of benzene rings is 1. The lowest BCUT2D eigenvalue weighted by atomic mass is 10.2. The molecule has 0 N–H and O–H groups in total. The minimum Gasteiger partial charge on any atom is -0.494 e. The van der Waals surface area contributed by atoms with Crippen LogP contribution in [0.15, 0.2) is 18.2 Å². The molecule has 0 fully saturated rings. The van der Waals surface area contributed by atoms with Crippen molar-refractivity contribution < 1.29 is 13.9 Å². The molecule has 4 heteroatoms. The summed E-state index contributed by atoms with van der Waals surface area (Å²) in [7, 11) is 3.05. The van der Waals surface area contributed by atoms with Gasteiger partial charge in [0, 0.05) is 10.1 Å². The van der Waals surface area contributed by atoms with Crippen molar-refractivity contribution in [1.82, 2.24) is 0 Å². The first-order valence-corrected chi connectivity index (χ1v) is 4.87. The molecular formula is C10H9FO2S. The standard InChI is InChI=1S/C10H9FO2S/c1-12-8-3-6-4-10(13-2)14-9(6)5-7(8)11/h3-5H,1-2H3. The summed E-state index contributed by atoms with van der Waals surface area (Å²) in [4.78, 5) is 0. The van der Waals surface area contributed by atoms with Crippen molar-refractivity contribution in [3.8, 4) is 10.8 Å². The molecule has 0 saturated carbocycles. The number of ether oxygens (including phenoxy) is 2. The van der Waals surface area contributed by atoms with Crippen molar-refractivity contribution in [3.05, 3.63) is 24.0 Å². The summed E-state index contributed by atoms with van der Waals surface area (Å²) in [5.74, 6) is -0.0811. The van der Waals surface area contributed by atoms with Gasteiger partial charge in [-0.2, -0.15) is 0 Å². The Morgan fingerprint density at radius 2 is 1.93 bits per heavy atom. The van der Waals surface area contributed by atoms with Gasteiger partial charge in [-0.15, -0.1) is 0 Å². The molecule has 0 unspecified atom stereocenters. The quantitative estimate of drug-likeness (QED) is 0.761. The second-order valence-corrected chi connectivity index (χ2v) is 3.84. The Morgan fingerprint density at radius 3 is 2.57 bits per heavy atom. The van der Waals surface area contributed by atoms with Crippen LogP contribution in [0, 0.1) is 5.82 Å². The fraction of sp³-hybridized carbons (Fsp3) is 0.200. The molecule has 0 amide bonds. The molecule has 0 aliphatic carbocycles. The molecule has 0 bridgehead atoms. The second-order valence-electron chi connectivity index (χ2n) is 2.79. The van der Waals surface area contributed by atoms with Gasteiger partial charge in [-0.05, 0) is 18.2 Å². The molecule has 2 aromatic rings. The Bertz CT molecular complexity index is 464. The summed E-state index contributed by atoms with van der Waals surface area (Å²) >= 11 is 1.41. The van der Waals surface area contributed by atoms with Crippen molar-refractivity contribution in [2.75, 3.05) is 14.2 Å². The number of methoxy groups -OCH3 is 2. The number of rotatable bonds is 2. The van der Waals surface area contributed by atoms with Gasteiger partial charge >= 0.3 is 0 Å². The fourth-order valence-corrected chi connectivity index (χ4v) is 2.16. The molecule has 2 rings (SSSR count). The lowest BCUT2D eigenvalue weighted by molar-refractivity contribution is 0.387. The Balaban J connectivity index is 2.64. The maximum Gasteiger partial charge on any atom is 0.174 e. The van der Waals surface area contributed by atoms with Crippen LogP contribution in [-0.2, 0) is 0 Å². The highest BCUT2D eigenvalue weighted by Crippen LogP contribution is 2.34. The van der Waals surface area contributed by atoms with E-state index in [2.05, 4.69) is 0 Å². The third-order valence-electron chi connectivity index (χ3n) is 1.97. The van der Waals surface area contributed by atoms with Crippen LogP contribution >= 0.6 is 11.3 Å². The van der Waals surface area contributed by atoms with Gasteiger partial charge in [-0.25, -0.2) is 4.39 Å². The highest BCUT2D eigenvalue weighted by atomic mass is 32.1. The maximum atomic E-state index is 13.3. The van der Waals surface area contributed by atoms with Crippen molar-refractivity contribution in [3.63, 3.8) is 0 Å². The molecule has 0 aliphatic rings. The summed E-state index contributed by atoms with van der Waals surface area (Å²) in [6.07, 6.45) is 0. The van der Waals surface area contributed by atoms with Crippen LogP contribution in [0.5, 0.6) is 10.8 Å². The van der Waals surface area contributed by atoms with Gasteiger partial charge in [-0.1, -0.05) is 11.3 Å². The predicted octanol–water partition coefficient (Wildman–Crippen LogP) is 3.06. The van der Waals surface area contributed by atoms with Crippen molar-refractivity contribution in [2.45, 2.75) is 0 Å². The van der Waals surface area contributed by atoms with Crippen molar-refractivity contribution >= 4 is 21.4 Å². The third kappa shape index (κ3) is 1.42. The predicted molar refractivity (Wildman–Crippen MR) is 54.9 cm³/mol. The van der Waals surface area contributed by atoms with Gasteiger partial charge < -0.3 is 9.47 Å². The zero-order chi connectivity index (χ0) is 10.1. The zero-order valence-electron chi connectivity index (χ0n) is 7.83. The normalized spacial score (nSPS) is 10.5. The Kier molecular flexibility index (Phi) is 2.29. The molecule has 0 atom stereocenters. The van der Waals surface area contributed by atoms with Gasteiger partial charge in [0.15, 0.2) is 16.6 Å². The highest BCUT2D eigenvalue weighted by molar-refractivity contribution is 7.20. The number of hydrogen-bond donors (Lipinski definition) is 0. The van der Waals surface area contributed by atoms with Crippen LogP contribution in [0.2, 0.25) is 0 Å². The van der Waals surface area contributed by atoms with Crippen LogP contribution in [-0.4, -0.2) is 14.2 Å². The molecule has 1 aromatic heterocycles. The molecule has 0 radical (unpaired) electrons. The van der Waals surface area contributed by atoms with Gasteiger partial charge in [0.1, 0.15) is 0 Å². The Labute approximate surface area is 84.9 Å². The second kappa shape index (κ2) is 3.46. The van der Waals surface area contributed by atoms with Crippen molar-refractivity contribution in [1.29, 1.82) is 0 Å². The average molecular weight is 212 g/mol. The van der Waals surface area contributed by atoms with E-state index < -0.39 is 0 Å². The number of thiophene rings is 1. The van der Waals surface area contributed by atoms with Gasteiger partial charge in [0.05, 0.1) is 14.2 Å². The lowest BCUT2D eigenvalue weighted by Gasteiger charge is -2.00. The number of halogens is 1. The zero-order valence-corrected chi connectivity index (χ0v) is 8.65. The molecule has 74 valence electrons. The van der Waals surface area contributed by atoms with E-state index in [-0.39, 0.29) is 11.6 Å². The topological polar surface area (TPSA) is 18.5 Å². The SMILES string of the molecule is COc1cc2cc(OC)c(F)cc2s1. The van der Waals surface area contributed by atoms with E-state index in [0.29, 0.717) is 0 Å². The maximum absolute atomic E-state index is 13.3. The molecule has 2 nitrogen and oxygen atoms in total. The smallest absolute Gasteiger partial charge is 0.174 e. The van der Waals surface area contributed by atoms with Gasteiger partial charge in [0.2, 0.25) is 0 Å². The van der Waals surface area contributed by atoms with Crippen LogP contribution in [0.1, 0.15) is 0 Å². The van der Waals surface area contributed by atoms with Crippen molar-refractivity contribution in [2.24, 2.45) is 0 Å². The van der Waals surface area contributed by atoms with E-state index >= 15 is 0 Å². The summed E-state index contributed by atoms with van der Waals surface area (Å²) in [5.41, 5.74) is 0. The van der Waals surface area contributed by atoms with Crippen LogP contribution in [0.25, 0.3) is 10.1 Å². The van der Waals surface area contributed by atoms with E-state index in [1.54, 1.807) is 13.2 Å². The minimum absolute atomic E-state index is 0.262. The van der Waals surface area contributed by atoms with E-state index in [9.17, 15) is 4.39 Å². The fourth-order valence-electron chi connectivity index (χ4n) is 1.27. The molecule has 0 spiro atoms. The van der Waals surface area contributed by atoms with E-state index in [0.717, 1.165) is 15.1 Å². The van der Waals surface area contributed by atoms with Crippen LogP contribution < -0.4 is 9.47 Å². The molecule has 0 aliphatic heterocycles. The summed E-state index contributed by atoms with van der Waals surface area (Å²) in [5, 5.41) is 1.71. The van der Waals surface area contributed by atoms with E-state index in [1.165, 1.54) is 24.5 Å². The first-order chi connectivity index (χ1) is 6.74. The molecular weight excluding hydrogens is 203 g/mol. The summed E-state index contributed by atoms with van der Waals surface area (Å²) in [6.45, 7) is 0. The molecule has 14 heavy (non-hydrogen) atoms. The lowest BCUT2D eigenvalue weighted by Crippen LogP contribution is -1.86. The largest absolute Gasteiger partial charge is 0.494 e. The highest BCUT2D eigenvalue weighted by Gasteiger charge is 2.08. The number of fused-ring (bicyclic) bond motifs is 1. The summed E-state index contributed by atoms with van der Waals surface area (Å²) in [6, 6.07) is 4.99. The average Bonchev–Trinajstić information content (AvgIpc) is 2.58. The van der Waals surface area contributed by atoms with Crippen LogP contribution in [0.3, 0.4) is 0 Å². The first kappa shape index (κ1) is 9.27. The molecule has 1 aromatic carbocycles. The summed E-state index contributed by atoms with van der Waals surface area (Å²) < 4.78 is 24.1. The van der Waals surface area contributed by atoms with Gasteiger partial charge in [0.25, 0.3) is 0 Å². The third-order valence-corrected chi connectivity index (χ3v) is 3.03. The molecule has 1 heterocycles. The first-order valence-electron chi connectivity index (χ1n) is 4.05. The van der Waals surface area contributed by atoms with E-state index in [1.807, 2.05) is 6.07 Å². The monoisotopic (exact) mass is 212 g/mol. The minimum atomic E-state index is -0.343. The molecule has 0 saturated heterocycles. The Hall–Kier alpha value is -1.29. The van der Waals surface area contributed by atoms with Crippen LogP contribution in [0.4, 0.5) is 4.39 Å². The van der Waals surface area contributed by atoms with E-state index in [4.69, 9.17) is 9.47 Å².